The first-order chi connectivity index (χ1) is 25.8. The fourth-order valence-corrected chi connectivity index (χ4v) is 4.55. The molecule has 286 valence electrons. The third-order valence-corrected chi connectivity index (χ3v) is 6.84. The van der Waals surface area contributed by atoms with E-state index in [1.54, 1.807) is 37.6 Å². The molecule has 4 aromatic heterocycles. The number of halogens is 3. The summed E-state index contributed by atoms with van der Waals surface area (Å²) in [7, 11) is 0. The van der Waals surface area contributed by atoms with Crippen LogP contribution in [0.5, 0.6) is 0 Å². The number of aliphatic carboxylic acids is 1. The number of carboxylic acid groups (broad SMARTS) is 1. The van der Waals surface area contributed by atoms with E-state index in [1.807, 2.05) is 38.1 Å². The molecule has 0 bridgehead atoms. The molecule has 0 atom stereocenters. The van der Waals surface area contributed by atoms with Gasteiger partial charge in [0.15, 0.2) is 5.82 Å². The van der Waals surface area contributed by atoms with Crippen LogP contribution in [0.2, 0.25) is 0 Å². The largest absolute Gasteiger partial charge is 0.478 e. The molecule has 55 heavy (non-hydrogen) atoms. The summed E-state index contributed by atoms with van der Waals surface area (Å²) in [5, 5.41) is 20.9. The number of pyridine rings is 2. The van der Waals surface area contributed by atoms with Crippen LogP contribution in [0.1, 0.15) is 35.4 Å². The molecule has 0 radical (unpaired) electrons. The summed E-state index contributed by atoms with van der Waals surface area (Å²) >= 11 is 0. The van der Waals surface area contributed by atoms with Crippen LogP contribution in [0.3, 0.4) is 0 Å². The molecule has 0 aliphatic carbocycles. The van der Waals surface area contributed by atoms with Crippen LogP contribution in [0.25, 0.3) is 35.0 Å². The second-order valence-corrected chi connectivity index (χ2v) is 11.4. The van der Waals surface area contributed by atoms with Gasteiger partial charge in [0.05, 0.1) is 23.7 Å². The fourth-order valence-electron chi connectivity index (χ4n) is 4.55. The number of carbonyl (C=O) groups excluding carboxylic acids is 1. The number of amides is 1. The van der Waals surface area contributed by atoms with Crippen molar-refractivity contribution in [2.75, 3.05) is 5.43 Å². The highest BCUT2D eigenvalue weighted by Crippen LogP contribution is 2.32. The monoisotopic (exact) mass is 755 g/mol. The number of hydrogen-bond donors (Lipinski definition) is 4. The van der Waals surface area contributed by atoms with Gasteiger partial charge in [-0.3, -0.25) is 20.6 Å². The van der Waals surface area contributed by atoms with Crippen LogP contribution >= 0.6 is 0 Å². The maximum absolute atomic E-state index is 12.8. The lowest BCUT2D eigenvalue weighted by Crippen LogP contribution is -2.28. The topological polar surface area (TPSA) is 192 Å². The molecule has 5 N–H and O–H groups in total. The molecule has 0 spiro atoms. The highest BCUT2D eigenvalue weighted by atomic mass is 19.4. The van der Waals surface area contributed by atoms with Gasteiger partial charge in [0.2, 0.25) is 0 Å². The first-order valence-corrected chi connectivity index (χ1v) is 16.1. The second kappa shape index (κ2) is 20.3. The van der Waals surface area contributed by atoms with E-state index in [-0.39, 0.29) is 24.7 Å². The van der Waals surface area contributed by atoms with Gasteiger partial charge in [-0.1, -0.05) is 36.8 Å². The zero-order valence-corrected chi connectivity index (χ0v) is 29.3. The standard InChI is InChI=1S/C18H18N6O.C13H10F3N3O2.C6H8N2.CH4/c1-13-9-14(2)11-15(10-13)16-12-20-24(23-16)8-6-18(25)22-21-17-5-3-4-7-19-17;1-8-4-9(6-10(5-8)13(14,15)16)12-17-7-19(18-12)3-2-11(20)21;7-5-6-3-1-2-4-8-6;/h3-12H,1-2H3,(H,19,21)(H,22,25);2-7H,1H3,(H,20,21);1-4H,5,7H2;1H4/b8-6-;3-2-;;. The third-order valence-electron chi connectivity index (χ3n) is 6.84. The molecule has 6 aromatic rings. The van der Waals surface area contributed by atoms with Gasteiger partial charge in [-0.15, -0.1) is 10.2 Å². The lowest BCUT2D eigenvalue weighted by molar-refractivity contribution is -0.137. The number of benzene rings is 2. The molecule has 4 heterocycles. The predicted octanol–water partition coefficient (Wildman–Crippen LogP) is 6.57. The van der Waals surface area contributed by atoms with Gasteiger partial charge in [-0.05, 0) is 80.9 Å². The van der Waals surface area contributed by atoms with Crippen molar-refractivity contribution in [1.82, 2.24) is 45.2 Å². The minimum atomic E-state index is -4.45. The van der Waals surface area contributed by atoms with E-state index in [4.69, 9.17) is 10.8 Å². The lowest BCUT2D eigenvalue weighted by atomic mass is 10.1. The molecule has 2 aromatic carbocycles. The van der Waals surface area contributed by atoms with Gasteiger partial charge >= 0.3 is 12.1 Å². The van der Waals surface area contributed by atoms with E-state index in [2.05, 4.69) is 59.3 Å². The van der Waals surface area contributed by atoms with Crippen LogP contribution in [-0.4, -0.2) is 56.7 Å². The van der Waals surface area contributed by atoms with Crippen LogP contribution in [0, 0.1) is 20.8 Å². The Morgan fingerprint density at radius 2 is 1.51 bits per heavy atom. The molecule has 0 fully saturated rings. The molecule has 17 heteroatoms. The summed E-state index contributed by atoms with van der Waals surface area (Å²) < 4.78 is 39.4. The van der Waals surface area contributed by atoms with E-state index < -0.39 is 17.7 Å². The van der Waals surface area contributed by atoms with Gasteiger partial charge in [-0.2, -0.15) is 23.1 Å². The average Bonchev–Trinajstić information content (AvgIpc) is 3.83. The number of rotatable bonds is 9. The predicted molar refractivity (Wildman–Crippen MR) is 203 cm³/mol. The number of aromatic nitrogens is 8. The van der Waals surface area contributed by atoms with Crippen molar-refractivity contribution in [3.8, 4) is 22.6 Å². The van der Waals surface area contributed by atoms with Gasteiger partial charge in [0, 0.05) is 48.4 Å². The van der Waals surface area contributed by atoms with Gasteiger partial charge in [-0.25, -0.2) is 19.4 Å². The number of nitrogens with zero attached hydrogens (tertiary/aromatic N) is 8. The van der Waals surface area contributed by atoms with Gasteiger partial charge in [0.25, 0.3) is 5.91 Å². The normalized spacial score (nSPS) is 10.8. The first-order valence-electron chi connectivity index (χ1n) is 16.1. The van der Waals surface area contributed by atoms with Crippen LogP contribution in [0.15, 0.2) is 110 Å². The quantitative estimate of drug-likeness (QED) is 0.0921. The summed E-state index contributed by atoms with van der Waals surface area (Å²) in [4.78, 5) is 35.4. The van der Waals surface area contributed by atoms with Crippen LogP contribution in [0.4, 0.5) is 19.0 Å². The Morgan fingerprint density at radius 3 is 2.11 bits per heavy atom. The van der Waals surface area contributed by atoms with E-state index >= 15 is 0 Å². The van der Waals surface area contributed by atoms with E-state index in [1.165, 1.54) is 40.6 Å². The Kier molecular flexibility index (Phi) is 15.6. The van der Waals surface area contributed by atoms with Gasteiger partial charge in [0.1, 0.15) is 17.8 Å². The molecule has 0 aliphatic rings. The number of nitrogens with two attached hydrogens (primary N) is 1. The highest BCUT2D eigenvalue weighted by molar-refractivity contribution is 5.90. The molecule has 0 unspecified atom stereocenters. The van der Waals surface area contributed by atoms with Crippen molar-refractivity contribution < 1.29 is 27.9 Å². The molecule has 1 amide bonds. The molecule has 0 saturated carbocycles. The molecule has 0 aliphatic heterocycles. The van der Waals surface area contributed by atoms with Crippen molar-refractivity contribution in [2.45, 2.75) is 40.9 Å². The number of hydrogen-bond acceptors (Lipinski definition) is 10. The van der Waals surface area contributed by atoms with Crippen molar-refractivity contribution >= 4 is 30.1 Å². The number of hydrazine groups is 1. The third kappa shape index (κ3) is 14.1. The average molecular weight is 756 g/mol. The van der Waals surface area contributed by atoms with E-state index in [0.717, 1.165) is 46.0 Å². The first kappa shape index (κ1) is 42.4. The molecular formula is C38H40F3N11O3. The summed E-state index contributed by atoms with van der Waals surface area (Å²) in [6.07, 6.45) is 6.60. The second-order valence-electron chi connectivity index (χ2n) is 11.4. The Balaban J connectivity index is 0.000000245. The smallest absolute Gasteiger partial charge is 0.416 e. The SMILES string of the molecule is C.Cc1cc(-c2ncn(/C=C\C(=O)O)n2)cc(C(F)(F)F)c1.Cc1cc(C)cc(-c2cnn(/C=C\C(=O)NNc3ccccn3)n2)c1.NCc1ccccn1. The van der Waals surface area contributed by atoms with Crippen molar-refractivity contribution in [3.05, 3.63) is 138 Å². The summed E-state index contributed by atoms with van der Waals surface area (Å²) in [5.74, 6) is -0.865. The Morgan fingerprint density at radius 1 is 0.836 bits per heavy atom. The number of carboxylic acids is 1. The number of aryl methyl sites for hydroxylation is 3. The lowest BCUT2D eigenvalue weighted by Gasteiger charge is -2.09. The van der Waals surface area contributed by atoms with Gasteiger partial charge < -0.3 is 10.8 Å². The number of carbonyl (C=O) groups is 2. The van der Waals surface area contributed by atoms with Crippen LogP contribution < -0.4 is 16.6 Å². The van der Waals surface area contributed by atoms with E-state index in [9.17, 15) is 22.8 Å². The summed E-state index contributed by atoms with van der Waals surface area (Å²) in [5.41, 5.74) is 15.4. The van der Waals surface area contributed by atoms with Crippen LogP contribution in [-0.2, 0) is 22.3 Å². The number of nitrogens with one attached hydrogen (secondary N) is 2. The molecule has 14 nitrogen and oxygen atoms in total. The number of alkyl halides is 3. The zero-order valence-electron chi connectivity index (χ0n) is 29.3. The minimum Gasteiger partial charge on any atom is -0.478 e. The Labute approximate surface area is 315 Å². The van der Waals surface area contributed by atoms with Crippen molar-refractivity contribution in [2.24, 2.45) is 5.73 Å². The minimum absolute atomic E-state index is 0. The van der Waals surface area contributed by atoms with Crippen molar-refractivity contribution in [3.63, 3.8) is 0 Å². The Hall–Kier alpha value is -7.01. The highest BCUT2D eigenvalue weighted by Gasteiger charge is 2.31. The summed E-state index contributed by atoms with van der Waals surface area (Å²) in [6, 6.07) is 20.8. The fraction of sp³-hybridized carbons (Fsp3) is 0.158. The molecule has 6 rings (SSSR count). The molecule has 0 saturated heterocycles. The summed E-state index contributed by atoms with van der Waals surface area (Å²) in [6.45, 7) is 6.15. The maximum Gasteiger partial charge on any atom is 0.416 e. The Bertz CT molecular complexity index is 2180. The van der Waals surface area contributed by atoms with Crippen molar-refractivity contribution in [1.29, 1.82) is 0 Å². The number of anilines is 1. The molecular weight excluding hydrogens is 715 g/mol. The van der Waals surface area contributed by atoms with E-state index in [0.29, 0.717) is 17.9 Å². The zero-order chi connectivity index (χ0) is 39.1. The maximum atomic E-state index is 12.8.